The largest absolute Gasteiger partial charge is 0.416 e. The van der Waals surface area contributed by atoms with Crippen molar-refractivity contribution in [2.75, 3.05) is 5.32 Å². The summed E-state index contributed by atoms with van der Waals surface area (Å²) < 4.78 is 37.9. The number of anilines is 1. The molecule has 0 radical (unpaired) electrons. The molecule has 0 heterocycles. The number of alkyl halides is 3. The number of halogens is 3. The lowest BCUT2D eigenvalue weighted by atomic mass is 9.91. The van der Waals surface area contributed by atoms with Crippen molar-refractivity contribution in [1.29, 1.82) is 5.26 Å². The van der Waals surface area contributed by atoms with Crippen LogP contribution in [0.5, 0.6) is 0 Å². The van der Waals surface area contributed by atoms with E-state index in [0.717, 1.165) is 37.0 Å². The van der Waals surface area contributed by atoms with Gasteiger partial charge in [0.25, 0.3) is 5.91 Å². The van der Waals surface area contributed by atoms with Crippen LogP contribution >= 0.6 is 0 Å². The molecule has 1 amide bonds. The highest BCUT2D eigenvalue weighted by molar-refractivity contribution is 6.07. The molecule has 0 unspecified atom stereocenters. The summed E-state index contributed by atoms with van der Waals surface area (Å²) >= 11 is 0. The zero-order valence-electron chi connectivity index (χ0n) is 11.8. The number of allylic oxidation sites excluding steroid dienone is 1. The topological polar surface area (TPSA) is 52.9 Å². The molecule has 1 saturated carbocycles. The number of nitrogens with one attached hydrogen (secondary N) is 1. The SMILES string of the molecule is N#CC(C(=O)Nc1cccc(C(F)(F)F)c1)=C1CCCCC1. The lowest BCUT2D eigenvalue weighted by Crippen LogP contribution is -2.17. The number of nitrogens with zero attached hydrogens (tertiary/aromatic N) is 1. The highest BCUT2D eigenvalue weighted by Gasteiger charge is 2.30. The Morgan fingerprint density at radius 1 is 1.18 bits per heavy atom. The van der Waals surface area contributed by atoms with Gasteiger partial charge in [-0.1, -0.05) is 12.5 Å². The van der Waals surface area contributed by atoms with Crippen molar-refractivity contribution in [3.8, 4) is 6.07 Å². The summed E-state index contributed by atoms with van der Waals surface area (Å²) in [6.45, 7) is 0. The molecular weight excluding hydrogens is 293 g/mol. The van der Waals surface area contributed by atoms with Crippen molar-refractivity contribution in [3.63, 3.8) is 0 Å². The zero-order valence-corrected chi connectivity index (χ0v) is 11.8. The van der Waals surface area contributed by atoms with Gasteiger partial charge in [-0.2, -0.15) is 18.4 Å². The number of hydrogen-bond donors (Lipinski definition) is 1. The quantitative estimate of drug-likeness (QED) is 0.649. The molecule has 1 aliphatic rings. The van der Waals surface area contributed by atoms with E-state index in [-0.39, 0.29) is 11.3 Å². The molecule has 1 aliphatic carbocycles. The predicted molar refractivity (Wildman–Crippen MR) is 75.8 cm³/mol. The Morgan fingerprint density at radius 3 is 2.45 bits per heavy atom. The van der Waals surface area contributed by atoms with Crippen molar-refractivity contribution in [1.82, 2.24) is 0 Å². The van der Waals surface area contributed by atoms with Crippen LogP contribution < -0.4 is 5.32 Å². The van der Waals surface area contributed by atoms with Gasteiger partial charge in [0.05, 0.1) is 5.56 Å². The third-order valence-electron chi connectivity index (χ3n) is 3.60. The second-order valence-corrected chi connectivity index (χ2v) is 5.18. The van der Waals surface area contributed by atoms with E-state index in [4.69, 9.17) is 5.26 Å². The fraction of sp³-hybridized carbons (Fsp3) is 0.375. The number of rotatable bonds is 2. The molecule has 3 nitrogen and oxygen atoms in total. The molecule has 1 N–H and O–H groups in total. The van der Waals surface area contributed by atoms with Gasteiger partial charge >= 0.3 is 6.18 Å². The van der Waals surface area contributed by atoms with Gasteiger partial charge in [0.15, 0.2) is 0 Å². The highest BCUT2D eigenvalue weighted by atomic mass is 19.4. The Kier molecular flexibility index (Phi) is 4.86. The van der Waals surface area contributed by atoms with Gasteiger partial charge in [-0.25, -0.2) is 0 Å². The van der Waals surface area contributed by atoms with E-state index in [1.807, 2.05) is 6.07 Å². The van der Waals surface area contributed by atoms with E-state index in [2.05, 4.69) is 5.32 Å². The highest BCUT2D eigenvalue weighted by Crippen LogP contribution is 2.31. The van der Waals surface area contributed by atoms with Crippen molar-refractivity contribution < 1.29 is 18.0 Å². The zero-order chi connectivity index (χ0) is 16.2. The Balaban J connectivity index is 2.19. The minimum atomic E-state index is -4.47. The van der Waals surface area contributed by atoms with Gasteiger partial charge in [-0.3, -0.25) is 4.79 Å². The van der Waals surface area contributed by atoms with Crippen LogP contribution in [-0.4, -0.2) is 5.91 Å². The maximum Gasteiger partial charge on any atom is 0.416 e. The van der Waals surface area contributed by atoms with Crippen molar-refractivity contribution in [2.24, 2.45) is 0 Å². The molecule has 1 fully saturated rings. The van der Waals surface area contributed by atoms with Crippen LogP contribution in [0.1, 0.15) is 37.7 Å². The number of benzene rings is 1. The minimum Gasteiger partial charge on any atom is -0.321 e. The first kappa shape index (κ1) is 16.1. The van der Waals surface area contributed by atoms with Crippen LogP contribution in [0.25, 0.3) is 0 Å². The minimum absolute atomic E-state index is 0.0251. The lowest BCUT2D eigenvalue weighted by molar-refractivity contribution is -0.137. The molecule has 0 saturated heterocycles. The van der Waals surface area contributed by atoms with Gasteiger partial charge in [0, 0.05) is 5.69 Å². The summed E-state index contributed by atoms with van der Waals surface area (Å²) in [4.78, 5) is 12.1. The standard InChI is InChI=1S/C16H15F3N2O/c17-16(18,19)12-7-4-8-13(9-12)21-15(22)14(10-20)11-5-2-1-3-6-11/h4,7-9H,1-3,5-6H2,(H,21,22). The van der Waals surface area contributed by atoms with E-state index < -0.39 is 17.6 Å². The molecule has 0 spiro atoms. The Labute approximate surface area is 126 Å². The maximum absolute atomic E-state index is 12.6. The molecule has 0 bridgehead atoms. The maximum atomic E-state index is 12.6. The molecular formula is C16H15F3N2O. The number of amides is 1. The van der Waals surface area contributed by atoms with Gasteiger partial charge in [-0.15, -0.1) is 0 Å². The van der Waals surface area contributed by atoms with Crippen molar-refractivity contribution in [2.45, 2.75) is 38.3 Å². The third kappa shape index (κ3) is 3.88. The van der Waals surface area contributed by atoms with Crippen molar-refractivity contribution in [3.05, 3.63) is 41.0 Å². The molecule has 1 aromatic rings. The second kappa shape index (κ2) is 6.65. The normalized spacial score (nSPS) is 15.1. The van der Waals surface area contributed by atoms with Gasteiger partial charge in [0.1, 0.15) is 11.6 Å². The van der Waals surface area contributed by atoms with Crippen LogP contribution in [0.2, 0.25) is 0 Å². The molecule has 0 aliphatic heterocycles. The third-order valence-corrected chi connectivity index (χ3v) is 3.60. The number of hydrogen-bond acceptors (Lipinski definition) is 2. The Hall–Kier alpha value is -2.29. The first-order valence-electron chi connectivity index (χ1n) is 7.02. The smallest absolute Gasteiger partial charge is 0.321 e. The first-order valence-corrected chi connectivity index (χ1v) is 7.02. The fourth-order valence-electron chi connectivity index (χ4n) is 2.49. The van der Waals surface area contributed by atoms with E-state index >= 15 is 0 Å². The van der Waals surface area contributed by atoms with E-state index in [1.165, 1.54) is 12.1 Å². The monoisotopic (exact) mass is 308 g/mol. The molecule has 0 aromatic heterocycles. The van der Waals surface area contributed by atoms with Crippen LogP contribution in [0, 0.1) is 11.3 Å². The summed E-state index contributed by atoms with van der Waals surface area (Å²) in [5.74, 6) is -0.640. The van der Waals surface area contributed by atoms with Crippen LogP contribution in [0.4, 0.5) is 18.9 Å². The predicted octanol–water partition coefficient (Wildman–Crippen LogP) is 4.43. The molecule has 22 heavy (non-hydrogen) atoms. The van der Waals surface area contributed by atoms with Gasteiger partial charge in [-0.05, 0) is 49.5 Å². The van der Waals surface area contributed by atoms with Gasteiger partial charge < -0.3 is 5.32 Å². The fourth-order valence-corrected chi connectivity index (χ4v) is 2.49. The summed E-state index contributed by atoms with van der Waals surface area (Å²) in [6.07, 6.45) is -0.162. The van der Waals surface area contributed by atoms with Crippen LogP contribution in [-0.2, 0) is 11.0 Å². The summed E-state index contributed by atoms with van der Waals surface area (Å²) in [5.41, 5.74) is 0.00782. The van der Waals surface area contributed by atoms with Gasteiger partial charge in [0.2, 0.25) is 0 Å². The average Bonchev–Trinajstić information content (AvgIpc) is 2.48. The molecule has 2 rings (SSSR count). The number of carbonyl (C=O) groups excluding carboxylic acids is 1. The Morgan fingerprint density at radius 2 is 1.86 bits per heavy atom. The van der Waals surface area contributed by atoms with Crippen LogP contribution in [0.15, 0.2) is 35.4 Å². The van der Waals surface area contributed by atoms with E-state index in [1.54, 1.807) is 0 Å². The summed E-state index contributed by atoms with van der Waals surface area (Å²) in [7, 11) is 0. The second-order valence-electron chi connectivity index (χ2n) is 5.18. The Bertz CT molecular complexity index is 634. The number of nitriles is 1. The van der Waals surface area contributed by atoms with E-state index in [0.29, 0.717) is 12.8 Å². The molecule has 1 aromatic carbocycles. The first-order chi connectivity index (χ1) is 10.4. The molecule has 0 atom stereocenters. The van der Waals surface area contributed by atoms with Crippen LogP contribution in [0.3, 0.4) is 0 Å². The average molecular weight is 308 g/mol. The summed E-state index contributed by atoms with van der Waals surface area (Å²) in [6, 6.07) is 6.26. The molecule has 6 heteroatoms. The lowest BCUT2D eigenvalue weighted by Gasteiger charge is -2.16. The van der Waals surface area contributed by atoms with E-state index in [9.17, 15) is 18.0 Å². The summed E-state index contributed by atoms with van der Waals surface area (Å²) in [5, 5.41) is 11.5. The number of carbonyl (C=O) groups is 1. The van der Waals surface area contributed by atoms with Crippen molar-refractivity contribution >= 4 is 11.6 Å². The molecule has 116 valence electrons.